The van der Waals surface area contributed by atoms with Crippen LogP contribution in [0.1, 0.15) is 62.8 Å². The smallest absolute Gasteiger partial charge is 0.261 e. The topological polar surface area (TPSA) is 58.6 Å². The predicted molar refractivity (Wildman–Crippen MR) is 125 cm³/mol. The molecule has 2 aromatic carbocycles. The van der Waals surface area contributed by atoms with Crippen molar-refractivity contribution in [3.63, 3.8) is 0 Å². The van der Waals surface area contributed by atoms with Crippen molar-refractivity contribution in [3.8, 4) is 5.75 Å². The van der Waals surface area contributed by atoms with E-state index in [1.54, 1.807) is 0 Å². The number of rotatable bonds is 8. The number of benzene rings is 2. The summed E-state index contributed by atoms with van der Waals surface area (Å²) in [6, 6.07) is 16.2. The van der Waals surface area contributed by atoms with Crippen LogP contribution in [0, 0.1) is 11.8 Å². The fourth-order valence-corrected chi connectivity index (χ4v) is 4.37. The Morgan fingerprint density at radius 2 is 1.88 bits per heavy atom. The van der Waals surface area contributed by atoms with Gasteiger partial charge in [-0.3, -0.25) is 9.59 Å². The number of hydrogen-bond donors (Lipinski definition) is 1. The van der Waals surface area contributed by atoms with E-state index in [9.17, 15) is 9.59 Å². The van der Waals surface area contributed by atoms with Crippen LogP contribution in [0.15, 0.2) is 48.5 Å². The number of carbonyl (C=O) groups excluding carboxylic acids is 2. The fraction of sp³-hybridized carbons (Fsp3) is 0.481. The minimum atomic E-state index is -0.533. The molecule has 1 aliphatic carbocycles. The minimum Gasteiger partial charge on any atom is -0.481 e. The molecule has 5 nitrogen and oxygen atoms in total. The van der Waals surface area contributed by atoms with Crippen LogP contribution in [-0.4, -0.2) is 35.9 Å². The molecule has 2 amide bonds. The molecule has 0 bridgehead atoms. The van der Waals surface area contributed by atoms with Gasteiger partial charge in [0.2, 0.25) is 5.91 Å². The van der Waals surface area contributed by atoms with Crippen LogP contribution in [0.2, 0.25) is 0 Å². The summed E-state index contributed by atoms with van der Waals surface area (Å²) >= 11 is 0. The summed E-state index contributed by atoms with van der Waals surface area (Å²) in [5.74, 6) is 1.43. The summed E-state index contributed by atoms with van der Waals surface area (Å²) in [7, 11) is 0. The third-order valence-corrected chi connectivity index (χ3v) is 6.30. The van der Waals surface area contributed by atoms with Crippen LogP contribution in [0.4, 0.5) is 0 Å². The molecule has 2 aromatic rings. The molecule has 0 radical (unpaired) electrons. The van der Waals surface area contributed by atoms with Crippen molar-refractivity contribution in [3.05, 3.63) is 65.2 Å². The molecule has 0 spiro atoms. The van der Waals surface area contributed by atoms with Gasteiger partial charge in [-0.1, -0.05) is 57.2 Å². The van der Waals surface area contributed by atoms with Crippen LogP contribution in [-0.2, 0) is 16.0 Å². The Morgan fingerprint density at radius 1 is 1.12 bits per heavy atom. The second-order valence-corrected chi connectivity index (χ2v) is 9.38. The molecule has 1 fully saturated rings. The van der Waals surface area contributed by atoms with Crippen molar-refractivity contribution >= 4 is 11.8 Å². The maximum Gasteiger partial charge on any atom is 0.261 e. The van der Waals surface area contributed by atoms with E-state index in [1.165, 1.54) is 5.56 Å². The van der Waals surface area contributed by atoms with E-state index in [4.69, 9.17) is 4.74 Å². The zero-order chi connectivity index (χ0) is 22.7. The second kappa shape index (κ2) is 9.76. The summed E-state index contributed by atoms with van der Waals surface area (Å²) in [6.07, 6.45) is 2.89. The quantitative estimate of drug-likeness (QED) is 0.666. The van der Waals surface area contributed by atoms with Gasteiger partial charge in [0, 0.05) is 19.0 Å². The van der Waals surface area contributed by atoms with Gasteiger partial charge in [0.05, 0.1) is 6.04 Å². The number of nitrogens with one attached hydrogen (secondary N) is 1. The molecular formula is C27H34N2O3. The third-order valence-electron chi connectivity index (χ3n) is 6.30. The lowest BCUT2D eigenvalue weighted by Crippen LogP contribution is -2.41. The molecule has 2 atom stereocenters. The summed E-state index contributed by atoms with van der Waals surface area (Å²) in [4.78, 5) is 27.8. The van der Waals surface area contributed by atoms with E-state index in [-0.39, 0.29) is 23.8 Å². The normalized spacial score (nSPS) is 18.8. The highest BCUT2D eigenvalue weighted by molar-refractivity contribution is 5.82. The maximum absolute atomic E-state index is 13.1. The monoisotopic (exact) mass is 434 g/mol. The molecule has 1 heterocycles. The average molecular weight is 435 g/mol. The third kappa shape index (κ3) is 4.98. The zero-order valence-corrected chi connectivity index (χ0v) is 19.3. The first-order valence-electron chi connectivity index (χ1n) is 11.9. The number of carbonyl (C=O) groups is 2. The number of nitrogens with zero attached hydrogens (tertiary/aromatic N) is 1. The molecule has 4 rings (SSSR count). The minimum absolute atomic E-state index is 0.0796. The number of amides is 2. The summed E-state index contributed by atoms with van der Waals surface area (Å²) < 4.78 is 6.15. The van der Waals surface area contributed by atoms with E-state index in [0.29, 0.717) is 24.6 Å². The largest absolute Gasteiger partial charge is 0.481 e. The molecule has 0 unspecified atom stereocenters. The highest BCUT2D eigenvalue weighted by Gasteiger charge is 2.39. The zero-order valence-electron chi connectivity index (χ0n) is 19.3. The van der Waals surface area contributed by atoms with E-state index >= 15 is 0 Å². The predicted octanol–water partition coefficient (Wildman–Crippen LogP) is 4.50. The first-order chi connectivity index (χ1) is 15.5. The Morgan fingerprint density at radius 3 is 2.53 bits per heavy atom. The van der Waals surface area contributed by atoms with Crippen LogP contribution in [0.3, 0.4) is 0 Å². The van der Waals surface area contributed by atoms with Crippen molar-refractivity contribution < 1.29 is 14.3 Å². The van der Waals surface area contributed by atoms with Crippen molar-refractivity contribution in [2.45, 2.75) is 58.6 Å². The van der Waals surface area contributed by atoms with E-state index in [0.717, 1.165) is 36.9 Å². The van der Waals surface area contributed by atoms with Gasteiger partial charge in [-0.2, -0.15) is 0 Å². The number of ether oxygens (including phenoxy) is 1. The second-order valence-electron chi connectivity index (χ2n) is 9.38. The SMILES string of the molecule is CC[C@H](Oc1ccc2c(c1)[C@@H](c1ccccc1)N(C(=O)C1CC1)CC2)C(=O)NCC(C)C. The molecule has 170 valence electrons. The Bertz CT molecular complexity index is 953. The number of fused-ring (bicyclic) bond motifs is 1. The van der Waals surface area contributed by atoms with Gasteiger partial charge >= 0.3 is 0 Å². The van der Waals surface area contributed by atoms with Crippen molar-refractivity contribution in [2.75, 3.05) is 13.1 Å². The average Bonchev–Trinajstić information content (AvgIpc) is 3.65. The number of hydrogen-bond acceptors (Lipinski definition) is 3. The van der Waals surface area contributed by atoms with Crippen molar-refractivity contribution in [1.82, 2.24) is 10.2 Å². The first-order valence-corrected chi connectivity index (χ1v) is 11.9. The van der Waals surface area contributed by atoms with Crippen LogP contribution in [0.5, 0.6) is 5.75 Å². The van der Waals surface area contributed by atoms with Crippen LogP contribution < -0.4 is 10.1 Å². The highest BCUT2D eigenvalue weighted by atomic mass is 16.5. The molecule has 0 saturated heterocycles. The van der Waals surface area contributed by atoms with Gasteiger partial charge in [-0.15, -0.1) is 0 Å². The van der Waals surface area contributed by atoms with Gasteiger partial charge in [-0.25, -0.2) is 0 Å². The summed E-state index contributed by atoms with van der Waals surface area (Å²) in [5.41, 5.74) is 3.45. The molecular weight excluding hydrogens is 400 g/mol. The highest BCUT2D eigenvalue weighted by Crippen LogP contribution is 2.41. The van der Waals surface area contributed by atoms with Crippen LogP contribution >= 0.6 is 0 Å². The van der Waals surface area contributed by atoms with E-state index in [2.05, 4.69) is 37.4 Å². The van der Waals surface area contributed by atoms with Gasteiger partial charge in [-0.05, 0) is 60.4 Å². The Kier molecular flexibility index (Phi) is 6.83. The maximum atomic E-state index is 13.1. The lowest BCUT2D eigenvalue weighted by Gasteiger charge is -2.38. The molecule has 0 aromatic heterocycles. The lowest BCUT2D eigenvalue weighted by molar-refractivity contribution is -0.134. The van der Waals surface area contributed by atoms with Gasteiger partial charge < -0.3 is 15.0 Å². The molecule has 5 heteroatoms. The fourth-order valence-electron chi connectivity index (χ4n) is 4.37. The lowest BCUT2D eigenvalue weighted by atomic mass is 9.87. The molecule has 1 aliphatic heterocycles. The molecule has 32 heavy (non-hydrogen) atoms. The van der Waals surface area contributed by atoms with E-state index < -0.39 is 6.10 Å². The van der Waals surface area contributed by atoms with Crippen molar-refractivity contribution in [2.24, 2.45) is 11.8 Å². The van der Waals surface area contributed by atoms with Crippen molar-refractivity contribution in [1.29, 1.82) is 0 Å². The van der Waals surface area contributed by atoms with Crippen LogP contribution in [0.25, 0.3) is 0 Å². The Labute approximate surface area is 191 Å². The van der Waals surface area contributed by atoms with Gasteiger partial charge in [0.15, 0.2) is 6.10 Å². The Balaban J connectivity index is 1.62. The van der Waals surface area contributed by atoms with E-state index in [1.807, 2.05) is 42.2 Å². The van der Waals surface area contributed by atoms with Gasteiger partial charge in [0.25, 0.3) is 5.91 Å². The molecule has 2 aliphatic rings. The molecule has 1 saturated carbocycles. The van der Waals surface area contributed by atoms with Gasteiger partial charge in [0.1, 0.15) is 5.75 Å². The first kappa shape index (κ1) is 22.4. The summed E-state index contributed by atoms with van der Waals surface area (Å²) in [5, 5.41) is 2.97. The standard InChI is InChI=1S/C27H34N2O3/c1-4-24(26(30)28-17-18(2)3)32-22-13-12-19-14-15-29(27(31)21-10-11-21)25(23(19)16-22)20-8-6-5-7-9-20/h5-9,12-13,16,18,21,24-25H,4,10-11,14-15,17H2,1-3H3,(H,28,30)/t24-,25+/m0/s1. The summed E-state index contributed by atoms with van der Waals surface area (Å²) in [6.45, 7) is 7.48. The Hall–Kier alpha value is -2.82. The molecule has 1 N–H and O–H groups in total.